The van der Waals surface area contributed by atoms with Crippen LogP contribution in [0.5, 0.6) is 0 Å². The van der Waals surface area contributed by atoms with Crippen molar-refractivity contribution in [3.05, 3.63) is 35.9 Å². The van der Waals surface area contributed by atoms with E-state index < -0.39 is 0 Å². The first-order valence-electron chi connectivity index (χ1n) is 5.52. The summed E-state index contributed by atoms with van der Waals surface area (Å²) in [7, 11) is 0. The van der Waals surface area contributed by atoms with Gasteiger partial charge >= 0.3 is 0 Å². The average molecular weight is 224 g/mol. The summed E-state index contributed by atoms with van der Waals surface area (Å²) in [5, 5.41) is 0. The molecule has 3 heteroatoms. The van der Waals surface area contributed by atoms with Gasteiger partial charge in [-0.25, -0.2) is 0 Å². The van der Waals surface area contributed by atoms with E-state index in [2.05, 4.69) is 0 Å². The lowest BCUT2D eigenvalue weighted by Gasteiger charge is -2.03. The van der Waals surface area contributed by atoms with Crippen molar-refractivity contribution in [1.29, 1.82) is 0 Å². The van der Waals surface area contributed by atoms with Gasteiger partial charge in [0.1, 0.15) is 6.61 Å². The number of halogens is 1. The van der Waals surface area contributed by atoms with E-state index in [0.717, 1.165) is 5.56 Å². The van der Waals surface area contributed by atoms with Gasteiger partial charge in [0.2, 0.25) is 0 Å². The normalized spacial score (nSPS) is 10.3. The number of rotatable bonds is 8. The molecule has 0 saturated heterocycles. The summed E-state index contributed by atoms with van der Waals surface area (Å²) >= 11 is 0. The van der Waals surface area contributed by atoms with Crippen molar-refractivity contribution in [2.45, 2.75) is 25.9 Å². The highest BCUT2D eigenvalue weighted by Crippen LogP contribution is 2.02. The zero-order chi connectivity index (χ0) is 11.6. The van der Waals surface area contributed by atoms with Crippen LogP contribution in [0.4, 0.5) is 4.39 Å². The fourth-order valence-corrected chi connectivity index (χ4v) is 1.35. The van der Waals surface area contributed by atoms with Crippen LogP contribution in [-0.4, -0.2) is 19.1 Å². The molecule has 0 heterocycles. The molecular weight excluding hydrogens is 207 g/mol. The number of alkyl halides is 1. The summed E-state index contributed by atoms with van der Waals surface area (Å²) in [6.45, 7) is 0.231. The predicted octanol–water partition coefficient (Wildman–Crippen LogP) is 2.91. The second kappa shape index (κ2) is 7.99. The van der Waals surface area contributed by atoms with Gasteiger partial charge in [-0.3, -0.25) is 9.18 Å². The second-order valence-corrected chi connectivity index (χ2v) is 3.66. The summed E-state index contributed by atoms with van der Waals surface area (Å²) in [6.07, 6.45) is 1.49. The van der Waals surface area contributed by atoms with Crippen molar-refractivity contribution in [3.8, 4) is 0 Å². The molecule has 0 unspecified atom stereocenters. The van der Waals surface area contributed by atoms with Gasteiger partial charge in [0, 0.05) is 6.42 Å². The highest BCUT2D eigenvalue weighted by Gasteiger charge is 2.01. The molecule has 1 aromatic rings. The zero-order valence-corrected chi connectivity index (χ0v) is 9.32. The minimum Gasteiger partial charge on any atom is -0.369 e. The van der Waals surface area contributed by atoms with Crippen molar-refractivity contribution < 1.29 is 13.9 Å². The van der Waals surface area contributed by atoms with Crippen LogP contribution in [0.25, 0.3) is 0 Å². The maximum absolute atomic E-state index is 11.8. The minimum absolute atomic E-state index is 0.0457. The molecule has 0 amide bonds. The second-order valence-electron chi connectivity index (χ2n) is 3.66. The Morgan fingerprint density at radius 1 is 1.19 bits per heavy atom. The number of ether oxygens (including phenoxy) is 1. The van der Waals surface area contributed by atoms with Crippen molar-refractivity contribution in [2.75, 3.05) is 13.3 Å². The Labute approximate surface area is 95.4 Å². The molecule has 88 valence electrons. The number of Topliss-reactive ketones (excluding diaryl/α,β-unsaturated/α-hetero) is 1. The Morgan fingerprint density at radius 2 is 1.94 bits per heavy atom. The van der Waals surface area contributed by atoms with Gasteiger partial charge in [0.25, 0.3) is 0 Å². The molecule has 0 radical (unpaired) electrons. The Bertz CT molecular complexity index is 298. The Hall–Kier alpha value is -1.22. The molecular formula is C13H17FO2. The number of unbranched alkanes of at least 4 members (excludes halogenated alkanes) is 1. The molecule has 0 atom stereocenters. The largest absolute Gasteiger partial charge is 0.369 e. The number of carbonyl (C=O) groups is 1. The smallest absolute Gasteiger partial charge is 0.158 e. The predicted molar refractivity (Wildman–Crippen MR) is 60.9 cm³/mol. The van der Waals surface area contributed by atoms with Gasteiger partial charge < -0.3 is 4.74 Å². The third-order valence-corrected chi connectivity index (χ3v) is 2.21. The molecule has 0 bridgehead atoms. The first kappa shape index (κ1) is 12.8. The summed E-state index contributed by atoms with van der Waals surface area (Å²) in [4.78, 5) is 11.3. The molecule has 1 rings (SSSR count). The van der Waals surface area contributed by atoms with Crippen molar-refractivity contribution in [1.82, 2.24) is 0 Å². The Balaban J connectivity index is 2.09. The van der Waals surface area contributed by atoms with Crippen LogP contribution in [0.15, 0.2) is 30.3 Å². The quantitative estimate of drug-likeness (QED) is 0.635. The highest BCUT2D eigenvalue weighted by molar-refractivity contribution is 5.79. The van der Waals surface area contributed by atoms with Crippen LogP contribution in [0, 0.1) is 0 Å². The molecule has 0 aromatic heterocycles. The zero-order valence-electron chi connectivity index (χ0n) is 9.32. The summed E-state index contributed by atoms with van der Waals surface area (Å²) < 4.78 is 17.0. The van der Waals surface area contributed by atoms with E-state index in [1.54, 1.807) is 0 Å². The van der Waals surface area contributed by atoms with E-state index in [-0.39, 0.29) is 19.1 Å². The van der Waals surface area contributed by atoms with Gasteiger partial charge in [0.05, 0.1) is 13.3 Å². The van der Waals surface area contributed by atoms with Crippen LogP contribution >= 0.6 is 0 Å². The lowest BCUT2D eigenvalue weighted by Crippen LogP contribution is -2.08. The highest BCUT2D eigenvalue weighted by atomic mass is 19.1. The van der Waals surface area contributed by atoms with E-state index in [4.69, 9.17) is 4.74 Å². The molecule has 0 aliphatic heterocycles. The first-order chi connectivity index (χ1) is 7.83. The van der Waals surface area contributed by atoms with E-state index in [1.807, 2.05) is 30.3 Å². The van der Waals surface area contributed by atoms with Gasteiger partial charge in [-0.15, -0.1) is 0 Å². The van der Waals surface area contributed by atoms with Crippen molar-refractivity contribution >= 4 is 5.78 Å². The maximum Gasteiger partial charge on any atom is 0.158 e. The van der Waals surface area contributed by atoms with Gasteiger partial charge in [0.15, 0.2) is 5.78 Å². The van der Waals surface area contributed by atoms with Gasteiger partial charge in [-0.1, -0.05) is 30.3 Å². The Kier molecular flexibility index (Phi) is 6.42. The third kappa shape index (κ3) is 5.61. The summed E-state index contributed by atoms with van der Waals surface area (Å²) in [6, 6.07) is 9.70. The monoisotopic (exact) mass is 224 g/mol. The number of ketones is 1. The lowest BCUT2D eigenvalue weighted by atomic mass is 10.2. The molecule has 1 aromatic carbocycles. The number of hydrogen-bond donors (Lipinski definition) is 0. The van der Waals surface area contributed by atoms with E-state index >= 15 is 0 Å². The molecule has 0 fully saturated rings. The standard InChI is InChI=1S/C13H17FO2/c14-9-5-4-8-13(15)11-16-10-12-6-2-1-3-7-12/h1-3,6-7H,4-5,8-11H2. The van der Waals surface area contributed by atoms with Crippen LogP contribution in [-0.2, 0) is 16.1 Å². The fraction of sp³-hybridized carbons (Fsp3) is 0.462. The maximum atomic E-state index is 11.8. The Morgan fingerprint density at radius 3 is 2.62 bits per heavy atom. The molecule has 0 aliphatic rings. The van der Waals surface area contributed by atoms with E-state index in [1.165, 1.54) is 0 Å². The molecule has 16 heavy (non-hydrogen) atoms. The summed E-state index contributed by atoms with van der Waals surface area (Å²) in [5.74, 6) is 0.0457. The van der Waals surface area contributed by atoms with Gasteiger partial charge in [-0.05, 0) is 18.4 Å². The summed E-state index contributed by atoms with van der Waals surface area (Å²) in [5.41, 5.74) is 1.05. The van der Waals surface area contributed by atoms with Crippen LogP contribution < -0.4 is 0 Å². The van der Waals surface area contributed by atoms with Crippen LogP contribution in [0.3, 0.4) is 0 Å². The van der Waals surface area contributed by atoms with Crippen LogP contribution in [0.1, 0.15) is 24.8 Å². The van der Waals surface area contributed by atoms with Crippen LogP contribution in [0.2, 0.25) is 0 Å². The van der Waals surface area contributed by atoms with Crippen molar-refractivity contribution in [2.24, 2.45) is 0 Å². The number of hydrogen-bond acceptors (Lipinski definition) is 2. The molecule has 0 N–H and O–H groups in total. The number of benzene rings is 1. The lowest BCUT2D eigenvalue weighted by molar-refractivity contribution is -0.124. The number of carbonyl (C=O) groups excluding carboxylic acids is 1. The molecule has 2 nitrogen and oxygen atoms in total. The third-order valence-electron chi connectivity index (χ3n) is 2.21. The molecule has 0 aliphatic carbocycles. The minimum atomic E-state index is -0.349. The topological polar surface area (TPSA) is 26.3 Å². The SMILES string of the molecule is O=C(CCCCF)COCc1ccccc1. The van der Waals surface area contributed by atoms with E-state index in [9.17, 15) is 9.18 Å². The fourth-order valence-electron chi connectivity index (χ4n) is 1.35. The van der Waals surface area contributed by atoms with Gasteiger partial charge in [-0.2, -0.15) is 0 Å². The van der Waals surface area contributed by atoms with Crippen molar-refractivity contribution in [3.63, 3.8) is 0 Å². The average Bonchev–Trinajstić information content (AvgIpc) is 2.31. The molecule has 0 saturated carbocycles. The molecule has 0 spiro atoms. The first-order valence-corrected chi connectivity index (χ1v) is 5.52. The van der Waals surface area contributed by atoms with E-state index in [0.29, 0.717) is 25.9 Å².